The summed E-state index contributed by atoms with van der Waals surface area (Å²) in [5.41, 5.74) is -2.47. The maximum absolute atomic E-state index is 13.2. The first-order valence-corrected chi connectivity index (χ1v) is 13.1. The number of nitrogens with zero attached hydrogens (tertiary/aromatic N) is 2. The van der Waals surface area contributed by atoms with E-state index in [9.17, 15) is 31.1 Å². The molecule has 2 aromatic rings. The Morgan fingerprint density at radius 2 is 1.55 bits per heavy atom. The zero-order valence-corrected chi connectivity index (χ0v) is 22.0. The summed E-state index contributed by atoms with van der Waals surface area (Å²) in [5.74, 6) is -0.114. The van der Waals surface area contributed by atoms with E-state index >= 15 is 0 Å². The molecule has 208 valence electrons. The number of alkyl halides is 6. The Labute approximate surface area is 227 Å². The first-order valence-electron chi connectivity index (χ1n) is 12.1. The van der Waals surface area contributed by atoms with Crippen molar-refractivity contribution >= 4 is 40.9 Å². The summed E-state index contributed by atoms with van der Waals surface area (Å²) in [6.45, 7) is 0.499. The molecule has 1 heterocycles. The predicted octanol–water partition coefficient (Wildman–Crippen LogP) is 7.78. The molecule has 2 fully saturated rings. The predicted molar refractivity (Wildman–Crippen MR) is 139 cm³/mol. The second-order valence-electron chi connectivity index (χ2n) is 9.33. The van der Waals surface area contributed by atoms with Crippen LogP contribution < -0.4 is 5.32 Å². The molecule has 1 unspecified atom stereocenters. The van der Waals surface area contributed by atoms with E-state index in [1.807, 2.05) is 35.2 Å². The smallest absolute Gasteiger partial charge is 0.343 e. The fraction of sp³-hybridized carbons (Fsp3) is 0.462. The minimum atomic E-state index is -4.99. The average molecular weight is 580 g/mol. The third-order valence-corrected chi connectivity index (χ3v) is 7.60. The number of aliphatic imine (C=N–C) groups is 1. The molecule has 4 rings (SSSR count). The van der Waals surface area contributed by atoms with Gasteiger partial charge >= 0.3 is 12.4 Å². The Morgan fingerprint density at radius 3 is 2.13 bits per heavy atom. The molecule has 2 aromatic carbocycles. The Bertz CT molecular complexity index is 1090. The number of halogens is 7. The summed E-state index contributed by atoms with van der Waals surface area (Å²) >= 11 is 1.53. The van der Waals surface area contributed by atoms with Crippen LogP contribution in [0, 0.1) is 0 Å². The van der Waals surface area contributed by atoms with E-state index in [0.29, 0.717) is 24.4 Å². The second kappa shape index (κ2) is 12.6. The lowest BCUT2D eigenvalue weighted by Gasteiger charge is -2.27. The van der Waals surface area contributed by atoms with Crippen molar-refractivity contribution in [3.63, 3.8) is 0 Å². The van der Waals surface area contributed by atoms with Gasteiger partial charge in [-0.2, -0.15) is 26.3 Å². The molecule has 0 aromatic heterocycles. The highest BCUT2D eigenvalue weighted by Crippen LogP contribution is 2.38. The molecule has 2 aliphatic rings. The molecule has 0 spiro atoms. The van der Waals surface area contributed by atoms with Crippen molar-refractivity contribution in [3.05, 3.63) is 65.2 Å². The van der Waals surface area contributed by atoms with Crippen LogP contribution in [0.2, 0.25) is 0 Å². The third-order valence-electron chi connectivity index (χ3n) is 6.45. The zero-order chi connectivity index (χ0) is 26.6. The molecule has 1 aliphatic carbocycles. The van der Waals surface area contributed by atoms with E-state index in [4.69, 9.17) is 4.99 Å². The van der Waals surface area contributed by atoms with Gasteiger partial charge in [0.15, 0.2) is 5.17 Å². The highest BCUT2D eigenvalue weighted by Gasteiger charge is 2.37. The van der Waals surface area contributed by atoms with E-state index in [0.717, 1.165) is 36.4 Å². The normalized spacial score (nSPS) is 19.9. The lowest BCUT2D eigenvalue weighted by Crippen LogP contribution is -2.37. The van der Waals surface area contributed by atoms with Crippen LogP contribution in [-0.2, 0) is 23.7 Å². The van der Waals surface area contributed by atoms with Gasteiger partial charge in [-0.25, -0.2) is 0 Å². The second-order valence-corrected chi connectivity index (χ2v) is 10.3. The fourth-order valence-corrected chi connectivity index (χ4v) is 5.82. The zero-order valence-electron chi connectivity index (χ0n) is 20.3. The van der Waals surface area contributed by atoms with E-state index in [1.54, 1.807) is 0 Å². The van der Waals surface area contributed by atoms with Crippen molar-refractivity contribution in [2.45, 2.75) is 69.5 Å². The van der Waals surface area contributed by atoms with Gasteiger partial charge in [-0.1, -0.05) is 61.4 Å². The van der Waals surface area contributed by atoms with Crippen LogP contribution in [0.15, 0.2) is 53.5 Å². The van der Waals surface area contributed by atoms with Crippen molar-refractivity contribution in [2.24, 2.45) is 4.99 Å². The molecule has 1 aliphatic heterocycles. The molecular formula is C26H28ClF6N3OS. The quantitative estimate of drug-likeness (QED) is 0.355. The molecule has 12 heteroatoms. The van der Waals surface area contributed by atoms with Crippen LogP contribution in [0.4, 0.5) is 32.0 Å². The number of thioether (sulfide) groups is 1. The number of nitrogens with one attached hydrogen (secondary N) is 1. The summed E-state index contributed by atoms with van der Waals surface area (Å²) < 4.78 is 79.2. The van der Waals surface area contributed by atoms with E-state index in [-0.39, 0.29) is 37.0 Å². The number of carbonyl (C=O) groups excluding carboxylic acids is 1. The Morgan fingerprint density at radius 1 is 0.947 bits per heavy atom. The molecule has 1 atom stereocenters. The third kappa shape index (κ3) is 8.05. The lowest BCUT2D eigenvalue weighted by molar-refractivity contribution is -0.143. The molecule has 1 N–H and O–H groups in total. The monoisotopic (exact) mass is 579 g/mol. The van der Waals surface area contributed by atoms with Crippen LogP contribution in [0.5, 0.6) is 0 Å². The molecule has 4 nitrogen and oxygen atoms in total. The van der Waals surface area contributed by atoms with Gasteiger partial charge in [-0.05, 0) is 36.6 Å². The largest absolute Gasteiger partial charge is 0.416 e. The number of amidine groups is 1. The fourth-order valence-electron chi connectivity index (χ4n) is 4.58. The summed E-state index contributed by atoms with van der Waals surface area (Å²) in [7, 11) is 0. The van der Waals surface area contributed by atoms with Crippen molar-refractivity contribution < 1.29 is 31.1 Å². The molecule has 38 heavy (non-hydrogen) atoms. The Hall–Kier alpha value is -2.40. The lowest BCUT2D eigenvalue weighted by atomic mass is 9.96. The number of hydrogen-bond acceptors (Lipinski definition) is 3. The Kier molecular flexibility index (Phi) is 10.0. The van der Waals surface area contributed by atoms with Gasteiger partial charge in [0.1, 0.15) is 0 Å². The van der Waals surface area contributed by atoms with Crippen LogP contribution in [0.3, 0.4) is 0 Å². The highest BCUT2D eigenvalue weighted by molar-refractivity contribution is 8.14. The summed E-state index contributed by atoms with van der Waals surface area (Å²) in [4.78, 5) is 19.8. The van der Waals surface area contributed by atoms with Crippen LogP contribution in [-0.4, -0.2) is 33.8 Å². The van der Waals surface area contributed by atoms with E-state index in [1.165, 1.54) is 18.2 Å². The molecule has 0 radical (unpaired) electrons. The molecule has 0 bridgehead atoms. The summed E-state index contributed by atoms with van der Waals surface area (Å²) in [6.07, 6.45) is -4.63. The van der Waals surface area contributed by atoms with Gasteiger partial charge in [-0.3, -0.25) is 9.79 Å². The van der Waals surface area contributed by atoms with Gasteiger partial charge in [0.25, 0.3) is 0 Å². The van der Waals surface area contributed by atoms with Gasteiger partial charge in [0.05, 0.1) is 17.2 Å². The van der Waals surface area contributed by atoms with Crippen molar-refractivity contribution in [1.82, 2.24) is 4.90 Å². The molecule has 1 amide bonds. The van der Waals surface area contributed by atoms with Crippen LogP contribution in [0.1, 0.15) is 55.2 Å². The number of amides is 1. The van der Waals surface area contributed by atoms with Crippen LogP contribution in [0.25, 0.3) is 0 Å². The summed E-state index contributed by atoms with van der Waals surface area (Å²) in [6, 6.07) is 10.6. The number of rotatable bonds is 6. The maximum Gasteiger partial charge on any atom is 0.416 e. The number of carbonyl (C=O) groups is 1. The first-order chi connectivity index (χ1) is 17.5. The number of benzene rings is 2. The van der Waals surface area contributed by atoms with Gasteiger partial charge < -0.3 is 10.2 Å². The standard InChI is InChI=1S/C26H27F6N3OS.ClH/c27-25(28,29)18-11-19(26(30,31)32)13-21(12-18)33-23(36)14-22-16-37-24(34-20-9-5-2-6-10-20)35(22)15-17-7-3-1-4-8-17;/h1,3-4,7-8,11-13,20,22H,2,5-6,9-10,14-16H2,(H,33,36);1H. The van der Waals surface area contributed by atoms with Crippen LogP contribution >= 0.6 is 24.2 Å². The topological polar surface area (TPSA) is 44.7 Å². The molecule has 1 saturated carbocycles. The van der Waals surface area contributed by atoms with E-state index < -0.39 is 35.1 Å². The molecule has 1 saturated heterocycles. The van der Waals surface area contributed by atoms with Crippen molar-refractivity contribution in [2.75, 3.05) is 11.1 Å². The number of anilines is 1. The summed E-state index contributed by atoms with van der Waals surface area (Å²) in [5, 5.41) is 3.09. The van der Waals surface area contributed by atoms with Gasteiger partial charge in [-0.15, -0.1) is 12.4 Å². The highest BCUT2D eigenvalue weighted by atomic mass is 35.5. The van der Waals surface area contributed by atoms with Gasteiger partial charge in [0.2, 0.25) is 5.91 Å². The van der Waals surface area contributed by atoms with Crippen molar-refractivity contribution in [1.29, 1.82) is 0 Å². The maximum atomic E-state index is 13.2. The first kappa shape index (κ1) is 30.1. The molecular weight excluding hydrogens is 552 g/mol. The minimum absolute atomic E-state index is 0. The van der Waals surface area contributed by atoms with E-state index in [2.05, 4.69) is 5.32 Å². The average Bonchev–Trinajstić information content (AvgIpc) is 3.19. The Balaban J connectivity index is 0.00000400. The minimum Gasteiger partial charge on any atom is -0.343 e. The van der Waals surface area contributed by atoms with Gasteiger partial charge in [0, 0.05) is 30.4 Å². The van der Waals surface area contributed by atoms with Crippen molar-refractivity contribution in [3.8, 4) is 0 Å². The SMILES string of the molecule is Cl.O=C(CC1CSC(=NC2CCCCC2)N1Cc1ccccc1)Nc1cc(C(F)(F)F)cc(C(F)(F)F)c1. The number of hydrogen-bond donors (Lipinski definition) is 1.